The minimum absolute atomic E-state index is 0. The van der Waals surface area contributed by atoms with Crippen LogP contribution in [0.1, 0.15) is 0 Å². The molecular formula is H10KO8Si-. The Kier molecular flexibility index (Phi) is 341. The van der Waals surface area contributed by atoms with Crippen molar-refractivity contribution in [3.8, 4) is 0 Å². The molecule has 8 nitrogen and oxygen atoms in total. The molecule has 0 atom stereocenters. The van der Waals surface area contributed by atoms with E-state index in [1.807, 2.05) is 0 Å². The number of hydrogen-bond donors (Lipinski definition) is 0. The fraction of sp³-hybridized carbons (Fsp3) is 0. The molecule has 0 aromatic carbocycles. The van der Waals surface area contributed by atoms with Crippen LogP contribution in [0.4, 0.5) is 0 Å². The summed E-state index contributed by atoms with van der Waals surface area (Å²) in [5, 5.41) is 0. The van der Waals surface area contributed by atoms with Crippen LogP contribution in [0.15, 0.2) is 0 Å². The summed E-state index contributed by atoms with van der Waals surface area (Å²) in [5.41, 5.74) is 0. The third kappa shape index (κ3) is 529. The van der Waals surface area contributed by atoms with E-state index >= 15 is 0 Å². The van der Waals surface area contributed by atoms with Crippen molar-refractivity contribution in [2.45, 2.75) is 0 Å². The maximum atomic E-state index is 8.52. The summed E-state index contributed by atoms with van der Waals surface area (Å²) in [6, 6.07) is 0. The van der Waals surface area contributed by atoms with Gasteiger partial charge in [0.05, 0.1) is 0 Å². The van der Waals surface area contributed by atoms with Crippen molar-refractivity contribution in [3.05, 3.63) is 0 Å². The van der Waals surface area contributed by atoms with Crippen LogP contribution < -0.4 is 61.0 Å². The SMILES string of the molecule is O.O.O.O.O.O=[Si]([O-])[O-].[K+]. The molecule has 0 rings (SSSR count). The van der Waals surface area contributed by atoms with Crippen molar-refractivity contribution >= 4 is 9.17 Å². The van der Waals surface area contributed by atoms with Gasteiger partial charge in [-0.15, -0.1) is 0 Å². The summed E-state index contributed by atoms with van der Waals surface area (Å²) in [7, 11) is -3.63. The van der Waals surface area contributed by atoms with Gasteiger partial charge in [-0.25, -0.2) is 0 Å². The topological polar surface area (TPSA) is 221 Å². The van der Waals surface area contributed by atoms with Crippen LogP contribution in [0.3, 0.4) is 0 Å². The zero-order valence-corrected chi connectivity index (χ0v) is 9.35. The summed E-state index contributed by atoms with van der Waals surface area (Å²) in [6.45, 7) is 0. The van der Waals surface area contributed by atoms with Crippen LogP contribution in [-0.2, 0) is 4.46 Å². The molecule has 64 valence electrons. The van der Waals surface area contributed by atoms with Crippen molar-refractivity contribution in [1.29, 1.82) is 0 Å². The fourth-order valence-electron chi connectivity index (χ4n) is 0. The molecule has 0 unspecified atom stereocenters. The second-order valence-electron chi connectivity index (χ2n) is 0.250. The molecule has 0 aliphatic rings. The summed E-state index contributed by atoms with van der Waals surface area (Å²) in [4.78, 5) is 17.0. The molecular weight excluding hydrogens is 195 g/mol. The molecule has 0 aliphatic carbocycles. The van der Waals surface area contributed by atoms with Gasteiger partial charge in [-0.3, -0.25) is 0 Å². The molecule has 10 heavy (non-hydrogen) atoms. The molecule has 0 saturated heterocycles. The minimum atomic E-state index is -3.63. The van der Waals surface area contributed by atoms with Crippen molar-refractivity contribution in [2.24, 2.45) is 0 Å². The Morgan fingerprint density at radius 2 is 0.800 bits per heavy atom. The van der Waals surface area contributed by atoms with Crippen molar-refractivity contribution < 1.29 is 92.8 Å². The van der Waals surface area contributed by atoms with Gasteiger partial charge in [0.2, 0.25) is 0 Å². The summed E-state index contributed by atoms with van der Waals surface area (Å²) < 4.78 is 8.52. The predicted octanol–water partition coefficient (Wildman–Crippen LogP) is -10.00. The van der Waals surface area contributed by atoms with E-state index in [2.05, 4.69) is 0 Å². The quantitative estimate of drug-likeness (QED) is 0.351. The van der Waals surface area contributed by atoms with Gasteiger partial charge >= 0.3 is 51.4 Å². The Morgan fingerprint density at radius 1 is 0.800 bits per heavy atom. The molecule has 0 saturated carbocycles. The van der Waals surface area contributed by atoms with Gasteiger partial charge in [-0.2, -0.15) is 0 Å². The minimum Gasteiger partial charge on any atom is -0.672 e. The smallest absolute Gasteiger partial charge is 0.672 e. The predicted molar refractivity (Wildman–Crippen MR) is 24.5 cm³/mol. The first-order chi connectivity index (χ1) is 1.73. The standard InChI is InChI=1S/K.O3Si.5H2O/c;1-4(2)3;;;;;/h;;5*1H2/q+1;-2;;;;;. The van der Waals surface area contributed by atoms with Crippen LogP contribution in [0.2, 0.25) is 0 Å². The van der Waals surface area contributed by atoms with E-state index in [-0.39, 0.29) is 78.8 Å². The maximum absolute atomic E-state index is 8.52. The molecule has 0 aliphatic heterocycles. The van der Waals surface area contributed by atoms with Gasteiger partial charge < -0.3 is 41.4 Å². The van der Waals surface area contributed by atoms with E-state index in [1.54, 1.807) is 0 Å². The molecule has 0 heterocycles. The Hall–Kier alpha value is 1.05. The zero-order valence-electron chi connectivity index (χ0n) is 5.22. The van der Waals surface area contributed by atoms with Crippen LogP contribution in [0, 0.1) is 0 Å². The Labute approximate surface area is 101 Å². The Bertz CT molecular complexity index is 32.2. The first-order valence-corrected chi connectivity index (χ1v) is 1.84. The van der Waals surface area contributed by atoms with Crippen LogP contribution >= 0.6 is 0 Å². The second kappa shape index (κ2) is 50.2. The maximum Gasteiger partial charge on any atom is 1.00 e. The molecule has 0 fully saturated rings. The molecule has 0 amide bonds. The van der Waals surface area contributed by atoms with Gasteiger partial charge in [-0.1, -0.05) is 0 Å². The molecule has 0 aromatic heterocycles. The summed E-state index contributed by atoms with van der Waals surface area (Å²) in [6.07, 6.45) is 0. The van der Waals surface area contributed by atoms with Gasteiger partial charge in [0.15, 0.2) is 0 Å². The van der Waals surface area contributed by atoms with Crippen LogP contribution in [-0.4, -0.2) is 36.6 Å². The van der Waals surface area contributed by atoms with Crippen molar-refractivity contribution in [1.82, 2.24) is 0 Å². The van der Waals surface area contributed by atoms with Gasteiger partial charge in [-0.05, 0) is 0 Å². The monoisotopic (exact) mass is 205 g/mol. The number of rotatable bonds is 0. The van der Waals surface area contributed by atoms with Crippen molar-refractivity contribution in [3.63, 3.8) is 0 Å². The molecule has 0 aromatic rings. The average molecular weight is 205 g/mol. The largest absolute Gasteiger partial charge is 1.00 e. The van der Waals surface area contributed by atoms with E-state index in [4.69, 9.17) is 14.1 Å². The summed E-state index contributed by atoms with van der Waals surface area (Å²) >= 11 is 0. The van der Waals surface area contributed by atoms with Crippen LogP contribution in [0.25, 0.3) is 0 Å². The third-order valence-corrected chi connectivity index (χ3v) is 0. The van der Waals surface area contributed by atoms with Gasteiger partial charge in [0.1, 0.15) is 0 Å². The zero-order chi connectivity index (χ0) is 3.58. The third-order valence-electron chi connectivity index (χ3n) is 0. The van der Waals surface area contributed by atoms with E-state index in [0.717, 1.165) is 0 Å². The molecule has 0 bridgehead atoms. The van der Waals surface area contributed by atoms with Gasteiger partial charge in [0, 0.05) is 9.17 Å². The Morgan fingerprint density at radius 3 is 0.800 bits per heavy atom. The molecule has 0 spiro atoms. The van der Waals surface area contributed by atoms with Crippen molar-refractivity contribution in [2.75, 3.05) is 0 Å². The molecule has 10 N–H and O–H groups in total. The van der Waals surface area contributed by atoms with E-state index < -0.39 is 9.17 Å². The van der Waals surface area contributed by atoms with E-state index in [1.165, 1.54) is 0 Å². The van der Waals surface area contributed by atoms with Gasteiger partial charge in [0.25, 0.3) is 0 Å². The fourth-order valence-corrected chi connectivity index (χ4v) is 0. The normalized spacial score (nSPS) is 2.40. The summed E-state index contributed by atoms with van der Waals surface area (Å²) in [5.74, 6) is 0. The van der Waals surface area contributed by atoms with E-state index in [0.29, 0.717) is 0 Å². The first kappa shape index (κ1) is 68.0. The second-order valence-corrected chi connectivity index (χ2v) is 0.750. The first-order valence-electron chi connectivity index (χ1n) is 0.612. The number of hydrogen-bond acceptors (Lipinski definition) is 3. The molecule has 0 radical (unpaired) electrons. The van der Waals surface area contributed by atoms with Crippen LogP contribution in [0.5, 0.6) is 0 Å². The average Bonchev–Trinajstić information content (AvgIpc) is 0.811. The Balaban J connectivity index is -0.00000000300. The molecule has 10 heteroatoms. The van der Waals surface area contributed by atoms with E-state index in [9.17, 15) is 0 Å².